The van der Waals surface area contributed by atoms with Gasteiger partial charge >= 0.3 is 0 Å². The second-order valence-electron chi connectivity index (χ2n) is 7.56. The van der Waals surface area contributed by atoms with Gasteiger partial charge in [0.15, 0.2) is 5.11 Å². The molecule has 0 radical (unpaired) electrons. The molecule has 2 aromatic rings. The van der Waals surface area contributed by atoms with Crippen LogP contribution in [-0.4, -0.2) is 29.9 Å². The minimum absolute atomic E-state index is 0.394. The molecule has 0 spiro atoms. The number of hydrogen-bond acceptors (Lipinski definition) is 3. The number of rotatable bonds is 7. The molecular formula is C22H31N4PS. The van der Waals surface area contributed by atoms with Crippen molar-refractivity contribution in [3.05, 3.63) is 54.6 Å². The molecule has 6 heteroatoms. The maximum absolute atomic E-state index is 5.43. The van der Waals surface area contributed by atoms with E-state index in [2.05, 4.69) is 71.9 Å². The summed E-state index contributed by atoms with van der Waals surface area (Å²) in [6.45, 7) is 10.1. The van der Waals surface area contributed by atoms with Crippen molar-refractivity contribution in [3.8, 4) is 0 Å². The first-order valence-electron chi connectivity index (χ1n) is 10.0. The molecule has 0 saturated heterocycles. The van der Waals surface area contributed by atoms with Crippen molar-refractivity contribution in [1.82, 2.24) is 5.32 Å². The lowest BCUT2D eigenvalue weighted by Crippen LogP contribution is -2.33. The zero-order valence-electron chi connectivity index (χ0n) is 17.2. The van der Waals surface area contributed by atoms with Gasteiger partial charge in [0.2, 0.25) is 0 Å². The summed E-state index contributed by atoms with van der Waals surface area (Å²) in [5.74, 6) is 0. The predicted octanol–water partition coefficient (Wildman–Crippen LogP) is 5.82. The molecule has 0 saturated carbocycles. The summed E-state index contributed by atoms with van der Waals surface area (Å²) >= 11 is 5.43. The predicted molar refractivity (Wildman–Crippen MR) is 129 cm³/mol. The summed E-state index contributed by atoms with van der Waals surface area (Å²) < 4.78 is 5.26. The van der Waals surface area contributed by atoms with E-state index >= 15 is 0 Å². The van der Waals surface area contributed by atoms with Crippen LogP contribution in [0.4, 0.5) is 17.1 Å². The fourth-order valence-corrected chi connectivity index (χ4v) is 6.83. The average molecular weight is 415 g/mol. The fraction of sp³-hybridized carbons (Fsp3) is 0.409. The Hall–Kier alpha value is -1.84. The first-order chi connectivity index (χ1) is 13.5. The van der Waals surface area contributed by atoms with Gasteiger partial charge in [0.05, 0.1) is 19.6 Å². The van der Waals surface area contributed by atoms with Crippen LogP contribution in [0.25, 0.3) is 0 Å². The quantitative estimate of drug-likeness (QED) is 0.339. The Labute approximate surface area is 176 Å². The van der Waals surface area contributed by atoms with Crippen LogP contribution in [0, 0.1) is 0 Å². The van der Waals surface area contributed by atoms with Crippen molar-refractivity contribution < 1.29 is 0 Å². The number of para-hydroxylation sites is 3. The average Bonchev–Trinajstić information content (AvgIpc) is 3.00. The molecule has 0 fully saturated rings. The van der Waals surface area contributed by atoms with E-state index in [-0.39, 0.29) is 0 Å². The summed E-state index contributed by atoms with van der Waals surface area (Å²) in [7, 11) is -0.394. The number of anilines is 3. The van der Waals surface area contributed by atoms with E-state index in [1.165, 1.54) is 11.4 Å². The number of thiocarbonyl (C=S) groups is 1. The Morgan fingerprint density at radius 3 is 1.96 bits per heavy atom. The molecule has 0 unspecified atom stereocenters. The van der Waals surface area contributed by atoms with Crippen molar-refractivity contribution in [2.75, 3.05) is 27.4 Å². The van der Waals surface area contributed by atoms with Crippen molar-refractivity contribution in [2.24, 2.45) is 0 Å². The molecule has 0 bridgehead atoms. The van der Waals surface area contributed by atoms with Crippen LogP contribution >= 0.6 is 20.4 Å². The van der Waals surface area contributed by atoms with Gasteiger partial charge in [-0.3, -0.25) is 0 Å². The van der Waals surface area contributed by atoms with E-state index in [4.69, 9.17) is 12.2 Å². The van der Waals surface area contributed by atoms with Crippen LogP contribution in [0.1, 0.15) is 34.1 Å². The highest BCUT2D eigenvalue weighted by Crippen LogP contribution is 2.61. The number of hydrogen-bond donors (Lipinski definition) is 2. The number of fused-ring (bicyclic) bond motifs is 1. The summed E-state index contributed by atoms with van der Waals surface area (Å²) in [4.78, 5) is 0. The van der Waals surface area contributed by atoms with Gasteiger partial charge in [-0.1, -0.05) is 30.3 Å². The van der Waals surface area contributed by atoms with Gasteiger partial charge in [0.25, 0.3) is 0 Å². The van der Waals surface area contributed by atoms with Gasteiger partial charge in [-0.05, 0) is 70.6 Å². The minimum atomic E-state index is -0.394. The van der Waals surface area contributed by atoms with Gasteiger partial charge < -0.3 is 20.0 Å². The zero-order chi connectivity index (χ0) is 20.1. The van der Waals surface area contributed by atoms with E-state index < -0.39 is 8.22 Å². The molecular weight excluding hydrogens is 383 g/mol. The molecule has 2 N–H and O–H groups in total. The molecule has 0 aliphatic carbocycles. The molecule has 3 rings (SSSR count). The maximum atomic E-state index is 5.43. The van der Waals surface area contributed by atoms with E-state index in [9.17, 15) is 0 Å². The Balaban J connectivity index is 1.58. The van der Waals surface area contributed by atoms with Crippen molar-refractivity contribution in [2.45, 2.75) is 46.2 Å². The van der Waals surface area contributed by atoms with Gasteiger partial charge in [-0.25, -0.2) is 0 Å². The molecule has 28 heavy (non-hydrogen) atoms. The van der Waals surface area contributed by atoms with Crippen LogP contribution < -0.4 is 20.0 Å². The standard InChI is InChI=1S/C22H31N4PS/c1-17(2)25-20-13-8-9-14-21(20)26(18(3)4)27(25)16-10-15-23-22(28)24-19-11-6-5-7-12-19/h5-9,11-14,17-18H,10,15-16H2,1-4H3,(H2,23,24,28). The number of nitrogens with zero attached hydrogens (tertiary/aromatic N) is 2. The van der Waals surface area contributed by atoms with Gasteiger partial charge in [0.1, 0.15) is 0 Å². The van der Waals surface area contributed by atoms with Gasteiger partial charge in [-0.2, -0.15) is 0 Å². The second-order valence-corrected chi connectivity index (χ2v) is 10.0. The van der Waals surface area contributed by atoms with Crippen molar-refractivity contribution >= 4 is 42.6 Å². The molecule has 0 aromatic heterocycles. The Morgan fingerprint density at radius 2 is 1.43 bits per heavy atom. The zero-order valence-corrected chi connectivity index (χ0v) is 18.9. The molecule has 1 heterocycles. The summed E-state index contributed by atoms with van der Waals surface area (Å²) in [5, 5.41) is 7.29. The first-order valence-corrected chi connectivity index (χ1v) is 11.9. The molecule has 2 aromatic carbocycles. The topological polar surface area (TPSA) is 30.5 Å². The third kappa shape index (κ3) is 4.76. The molecule has 0 atom stereocenters. The van der Waals surface area contributed by atoms with Crippen molar-refractivity contribution in [3.63, 3.8) is 0 Å². The highest BCUT2D eigenvalue weighted by atomic mass is 32.1. The number of benzene rings is 2. The van der Waals surface area contributed by atoms with E-state index in [1.807, 2.05) is 30.3 Å². The highest BCUT2D eigenvalue weighted by molar-refractivity contribution is 7.80. The maximum Gasteiger partial charge on any atom is 0.170 e. The molecule has 0 amide bonds. The van der Waals surface area contributed by atoms with Crippen LogP contribution in [0.2, 0.25) is 0 Å². The van der Waals surface area contributed by atoms with Crippen LogP contribution in [0.3, 0.4) is 0 Å². The molecule has 150 valence electrons. The van der Waals surface area contributed by atoms with Crippen LogP contribution in [0.15, 0.2) is 54.6 Å². The van der Waals surface area contributed by atoms with E-state index in [0.717, 1.165) is 24.8 Å². The Kier molecular flexibility index (Phi) is 7.14. The lowest BCUT2D eigenvalue weighted by molar-refractivity contribution is 0.799. The van der Waals surface area contributed by atoms with E-state index in [0.29, 0.717) is 17.2 Å². The highest BCUT2D eigenvalue weighted by Gasteiger charge is 2.38. The fourth-order valence-electron chi connectivity index (χ4n) is 3.63. The third-order valence-corrected chi connectivity index (χ3v) is 8.02. The molecule has 1 aliphatic rings. The third-order valence-electron chi connectivity index (χ3n) is 4.70. The van der Waals surface area contributed by atoms with Crippen LogP contribution in [0.5, 0.6) is 0 Å². The number of nitrogens with one attached hydrogen (secondary N) is 2. The second kappa shape index (κ2) is 9.58. The Bertz CT molecular complexity index is 746. The van der Waals surface area contributed by atoms with Crippen molar-refractivity contribution in [1.29, 1.82) is 0 Å². The van der Waals surface area contributed by atoms with E-state index in [1.54, 1.807) is 0 Å². The summed E-state index contributed by atoms with van der Waals surface area (Å²) in [5.41, 5.74) is 3.78. The monoisotopic (exact) mass is 414 g/mol. The van der Waals surface area contributed by atoms with Gasteiger partial charge in [0, 0.05) is 30.5 Å². The largest absolute Gasteiger partial charge is 0.362 e. The minimum Gasteiger partial charge on any atom is -0.362 e. The lowest BCUT2D eigenvalue weighted by Gasteiger charge is -2.37. The van der Waals surface area contributed by atoms with Crippen LogP contribution in [-0.2, 0) is 0 Å². The summed E-state index contributed by atoms with van der Waals surface area (Å²) in [6.07, 6.45) is 2.24. The summed E-state index contributed by atoms with van der Waals surface area (Å²) in [6, 6.07) is 19.9. The van der Waals surface area contributed by atoms with Gasteiger partial charge in [-0.15, -0.1) is 0 Å². The first kappa shape index (κ1) is 20.9. The molecule has 4 nitrogen and oxygen atoms in total. The normalized spacial score (nSPS) is 13.9. The molecule has 1 aliphatic heterocycles. The lowest BCUT2D eigenvalue weighted by atomic mass is 10.2. The Morgan fingerprint density at radius 1 is 0.893 bits per heavy atom. The SMILES string of the molecule is CC(C)N1c2ccccc2N(C(C)C)P1CCCNC(=S)Nc1ccccc1. The smallest absolute Gasteiger partial charge is 0.170 e.